The topological polar surface area (TPSA) is 91.0 Å². The molecule has 0 heterocycles. The van der Waals surface area contributed by atoms with Gasteiger partial charge in [0.05, 0.1) is 0 Å². The molecule has 0 rings (SSSR count). The van der Waals surface area contributed by atoms with Gasteiger partial charge in [0, 0.05) is 25.0 Å². The fourth-order valence-corrected chi connectivity index (χ4v) is 1.21. The number of nitrogens with one attached hydrogen (secondary N) is 1. The number of amides is 2. The molecule has 0 aliphatic rings. The summed E-state index contributed by atoms with van der Waals surface area (Å²) >= 11 is 0. The second kappa shape index (κ2) is 6.92. The zero-order chi connectivity index (χ0) is 12.7. The molecule has 0 aliphatic heterocycles. The first kappa shape index (κ1) is 14.5. The van der Waals surface area contributed by atoms with Gasteiger partial charge in [-0.25, -0.2) is 4.79 Å². The van der Waals surface area contributed by atoms with Gasteiger partial charge in [-0.15, -0.1) is 0 Å². The Labute approximate surface area is 96.5 Å². The summed E-state index contributed by atoms with van der Waals surface area (Å²) in [6.07, 6.45) is 0.361. The number of hydrogen-bond donors (Lipinski definition) is 3. The van der Waals surface area contributed by atoms with Gasteiger partial charge in [-0.05, 0) is 27.7 Å². The molecule has 0 spiro atoms. The van der Waals surface area contributed by atoms with E-state index in [1.165, 1.54) is 0 Å². The van der Waals surface area contributed by atoms with E-state index in [-0.39, 0.29) is 24.0 Å². The van der Waals surface area contributed by atoms with Gasteiger partial charge < -0.3 is 21.2 Å². The van der Waals surface area contributed by atoms with Crippen molar-refractivity contribution in [1.29, 1.82) is 0 Å². The van der Waals surface area contributed by atoms with E-state index in [4.69, 9.17) is 10.9 Å². The van der Waals surface area contributed by atoms with Gasteiger partial charge in [0.1, 0.15) is 5.84 Å². The number of carbonyl (C=O) groups excluding carboxylic acids is 1. The highest BCUT2D eigenvalue weighted by Gasteiger charge is 2.17. The van der Waals surface area contributed by atoms with E-state index < -0.39 is 0 Å². The lowest BCUT2D eigenvalue weighted by atomic mass is 10.3. The molecule has 0 saturated heterocycles. The number of hydrogen-bond acceptors (Lipinski definition) is 3. The average molecular weight is 230 g/mol. The monoisotopic (exact) mass is 230 g/mol. The third-order valence-electron chi connectivity index (χ3n) is 2.03. The number of urea groups is 1. The fraction of sp³-hybridized carbons (Fsp3) is 0.800. The molecular formula is C10H22N4O2. The van der Waals surface area contributed by atoms with Crippen LogP contribution in [-0.4, -0.2) is 40.6 Å². The van der Waals surface area contributed by atoms with Crippen molar-refractivity contribution in [2.75, 3.05) is 6.54 Å². The van der Waals surface area contributed by atoms with Crippen LogP contribution in [0.3, 0.4) is 0 Å². The van der Waals surface area contributed by atoms with Crippen LogP contribution in [-0.2, 0) is 0 Å². The number of nitrogens with zero attached hydrogens (tertiary/aromatic N) is 2. The van der Waals surface area contributed by atoms with Crippen molar-refractivity contribution in [1.82, 2.24) is 10.2 Å². The maximum atomic E-state index is 11.8. The van der Waals surface area contributed by atoms with Crippen molar-refractivity contribution in [3.63, 3.8) is 0 Å². The molecular weight excluding hydrogens is 208 g/mol. The Morgan fingerprint density at radius 3 is 2.38 bits per heavy atom. The molecule has 6 nitrogen and oxygen atoms in total. The van der Waals surface area contributed by atoms with E-state index in [2.05, 4.69) is 10.5 Å². The SMILES string of the molecule is CC(C)NC(=O)N(CCC(N)=NO)C(C)C. The highest BCUT2D eigenvalue weighted by molar-refractivity contribution is 5.81. The number of carbonyl (C=O) groups is 1. The van der Waals surface area contributed by atoms with Gasteiger partial charge in [-0.2, -0.15) is 0 Å². The normalized spacial score (nSPS) is 12.0. The number of nitrogens with two attached hydrogens (primary N) is 1. The standard InChI is InChI=1S/C10H22N4O2/c1-7(2)12-10(15)14(8(3)4)6-5-9(11)13-16/h7-8,16H,5-6H2,1-4H3,(H2,11,13)(H,12,15). The van der Waals surface area contributed by atoms with E-state index in [9.17, 15) is 4.79 Å². The second-order valence-corrected chi connectivity index (χ2v) is 4.23. The predicted molar refractivity (Wildman–Crippen MR) is 63.5 cm³/mol. The predicted octanol–water partition coefficient (Wildman–Crippen LogP) is 0.951. The van der Waals surface area contributed by atoms with Gasteiger partial charge in [-0.3, -0.25) is 0 Å². The van der Waals surface area contributed by atoms with Gasteiger partial charge in [0.15, 0.2) is 0 Å². The van der Waals surface area contributed by atoms with Gasteiger partial charge in [-0.1, -0.05) is 5.16 Å². The van der Waals surface area contributed by atoms with E-state index >= 15 is 0 Å². The summed E-state index contributed by atoms with van der Waals surface area (Å²) in [7, 11) is 0. The van der Waals surface area contributed by atoms with Gasteiger partial charge in [0.25, 0.3) is 0 Å². The average Bonchev–Trinajstić information content (AvgIpc) is 2.15. The molecule has 0 atom stereocenters. The molecule has 0 radical (unpaired) electrons. The summed E-state index contributed by atoms with van der Waals surface area (Å²) in [6, 6.07) is 0.0404. The van der Waals surface area contributed by atoms with Gasteiger partial charge in [0.2, 0.25) is 0 Å². The van der Waals surface area contributed by atoms with Crippen LogP contribution in [0.5, 0.6) is 0 Å². The first-order valence-electron chi connectivity index (χ1n) is 5.42. The largest absolute Gasteiger partial charge is 0.409 e. The highest BCUT2D eigenvalue weighted by Crippen LogP contribution is 2.01. The van der Waals surface area contributed by atoms with Crippen LogP contribution >= 0.6 is 0 Å². The van der Waals surface area contributed by atoms with Crippen LogP contribution in [0.15, 0.2) is 5.16 Å². The van der Waals surface area contributed by atoms with Crippen molar-refractivity contribution in [2.24, 2.45) is 10.9 Å². The van der Waals surface area contributed by atoms with Crippen molar-refractivity contribution in [3.05, 3.63) is 0 Å². The molecule has 0 bridgehead atoms. The van der Waals surface area contributed by atoms with Crippen LogP contribution in [0.4, 0.5) is 4.79 Å². The summed E-state index contributed by atoms with van der Waals surface area (Å²) in [4.78, 5) is 13.4. The van der Waals surface area contributed by atoms with Crippen LogP contribution in [0.2, 0.25) is 0 Å². The Kier molecular flexibility index (Phi) is 6.29. The zero-order valence-electron chi connectivity index (χ0n) is 10.4. The van der Waals surface area contributed by atoms with Crippen LogP contribution in [0.1, 0.15) is 34.1 Å². The van der Waals surface area contributed by atoms with Crippen LogP contribution in [0, 0.1) is 0 Å². The smallest absolute Gasteiger partial charge is 0.317 e. The molecule has 94 valence electrons. The summed E-state index contributed by atoms with van der Waals surface area (Å²) in [5, 5.41) is 14.1. The van der Waals surface area contributed by atoms with Crippen molar-refractivity contribution >= 4 is 11.9 Å². The van der Waals surface area contributed by atoms with Crippen LogP contribution in [0.25, 0.3) is 0 Å². The lowest BCUT2D eigenvalue weighted by Crippen LogP contribution is -2.47. The minimum atomic E-state index is -0.129. The Morgan fingerprint density at radius 1 is 1.44 bits per heavy atom. The second-order valence-electron chi connectivity index (χ2n) is 4.23. The minimum Gasteiger partial charge on any atom is -0.409 e. The molecule has 2 amide bonds. The van der Waals surface area contributed by atoms with E-state index in [1.54, 1.807) is 4.90 Å². The number of rotatable bonds is 5. The Bertz CT molecular complexity index is 251. The Balaban J connectivity index is 4.33. The summed E-state index contributed by atoms with van der Waals surface area (Å²) < 4.78 is 0. The minimum absolute atomic E-state index is 0.0743. The number of amidine groups is 1. The lowest BCUT2D eigenvalue weighted by Gasteiger charge is -2.27. The first-order chi connectivity index (χ1) is 7.38. The first-order valence-corrected chi connectivity index (χ1v) is 5.42. The molecule has 16 heavy (non-hydrogen) atoms. The molecule has 6 heteroatoms. The third kappa shape index (κ3) is 5.43. The molecule has 0 unspecified atom stereocenters. The summed E-state index contributed by atoms with van der Waals surface area (Å²) in [5.74, 6) is 0.128. The quantitative estimate of drug-likeness (QED) is 0.284. The van der Waals surface area contributed by atoms with Crippen molar-refractivity contribution < 1.29 is 10.0 Å². The van der Waals surface area contributed by atoms with Crippen LogP contribution < -0.4 is 11.1 Å². The molecule has 0 aliphatic carbocycles. The molecule has 0 aromatic rings. The van der Waals surface area contributed by atoms with E-state index in [0.29, 0.717) is 13.0 Å². The zero-order valence-corrected chi connectivity index (χ0v) is 10.4. The van der Waals surface area contributed by atoms with Gasteiger partial charge >= 0.3 is 6.03 Å². The third-order valence-corrected chi connectivity index (χ3v) is 2.03. The molecule has 0 fully saturated rings. The maximum absolute atomic E-state index is 11.8. The maximum Gasteiger partial charge on any atom is 0.317 e. The lowest BCUT2D eigenvalue weighted by molar-refractivity contribution is 0.182. The Hall–Kier alpha value is -1.46. The fourth-order valence-electron chi connectivity index (χ4n) is 1.21. The summed E-state index contributed by atoms with van der Waals surface area (Å²) in [6.45, 7) is 8.09. The summed E-state index contributed by atoms with van der Waals surface area (Å²) in [5.41, 5.74) is 5.36. The molecule has 0 saturated carbocycles. The number of oxime groups is 1. The van der Waals surface area contributed by atoms with E-state index in [0.717, 1.165) is 0 Å². The Morgan fingerprint density at radius 2 is 2.00 bits per heavy atom. The van der Waals surface area contributed by atoms with Crippen molar-refractivity contribution in [2.45, 2.75) is 46.2 Å². The molecule has 4 N–H and O–H groups in total. The molecule has 0 aromatic heterocycles. The van der Waals surface area contributed by atoms with E-state index in [1.807, 2.05) is 27.7 Å². The molecule has 0 aromatic carbocycles. The van der Waals surface area contributed by atoms with Crippen molar-refractivity contribution in [3.8, 4) is 0 Å². The highest BCUT2D eigenvalue weighted by atomic mass is 16.4.